The van der Waals surface area contributed by atoms with Crippen LogP contribution in [0.25, 0.3) is 16.9 Å². The van der Waals surface area contributed by atoms with Gasteiger partial charge in [0.05, 0.1) is 23.2 Å². The van der Waals surface area contributed by atoms with Crippen molar-refractivity contribution in [2.75, 3.05) is 18.5 Å². The van der Waals surface area contributed by atoms with Gasteiger partial charge in [-0.15, -0.1) is 5.10 Å². The summed E-state index contributed by atoms with van der Waals surface area (Å²) in [5, 5.41) is 29.0. The van der Waals surface area contributed by atoms with Crippen LogP contribution in [0.4, 0.5) is 18.9 Å². The van der Waals surface area contributed by atoms with Gasteiger partial charge in [-0.3, -0.25) is 4.79 Å². The number of fused-ring (bicyclic) bond motifs is 1. The second-order valence-corrected chi connectivity index (χ2v) is 9.66. The van der Waals surface area contributed by atoms with Crippen molar-refractivity contribution in [3.05, 3.63) is 53.7 Å². The molecule has 37 heavy (non-hydrogen) atoms. The van der Waals surface area contributed by atoms with Gasteiger partial charge in [-0.1, -0.05) is 6.07 Å². The number of nitrogens with one attached hydrogen (secondary N) is 2. The highest BCUT2D eigenvalue weighted by molar-refractivity contribution is 5.96. The first-order valence-electron chi connectivity index (χ1n) is 11.7. The topological polar surface area (TPSA) is 121 Å². The van der Waals surface area contributed by atoms with Gasteiger partial charge in [-0.05, 0) is 51.3 Å². The number of nitrogens with zero attached hydrogens (tertiary/aromatic N) is 3. The van der Waals surface area contributed by atoms with E-state index in [2.05, 4.69) is 20.7 Å². The molecule has 0 bridgehead atoms. The molecule has 2 aromatic heterocycles. The fourth-order valence-electron chi connectivity index (χ4n) is 3.48. The van der Waals surface area contributed by atoms with Gasteiger partial charge in [-0.25, -0.2) is 13.9 Å². The minimum Gasteiger partial charge on any atom is -0.442 e. The van der Waals surface area contributed by atoms with Crippen molar-refractivity contribution in [3.8, 4) is 17.1 Å². The maximum absolute atomic E-state index is 13.8. The first kappa shape index (κ1) is 26.4. The van der Waals surface area contributed by atoms with E-state index < -0.39 is 24.0 Å². The zero-order valence-electron chi connectivity index (χ0n) is 20.6. The Balaban J connectivity index is 1.72. The quantitative estimate of drug-likeness (QED) is 0.302. The lowest BCUT2D eigenvalue weighted by molar-refractivity contribution is -0.0353. The Bertz CT molecular complexity index is 1350. The number of benzene rings is 1. The first-order valence-corrected chi connectivity index (χ1v) is 11.7. The highest BCUT2D eigenvalue weighted by Crippen LogP contribution is 2.30. The predicted molar refractivity (Wildman–Crippen MR) is 130 cm³/mol. The number of aromatic nitrogens is 3. The molecule has 9 nitrogen and oxygen atoms in total. The van der Waals surface area contributed by atoms with Crippen molar-refractivity contribution in [1.82, 2.24) is 19.9 Å². The fraction of sp³-hybridized carbons (Fsp3) is 0.400. The summed E-state index contributed by atoms with van der Waals surface area (Å²) in [6, 6.07) is 6.78. The van der Waals surface area contributed by atoms with Crippen molar-refractivity contribution in [2.24, 2.45) is 0 Å². The minimum atomic E-state index is -4.10. The number of aliphatic hydroxyl groups excluding tert-OH is 1. The summed E-state index contributed by atoms with van der Waals surface area (Å²) in [5.74, 6) is -6.46. The second-order valence-electron chi connectivity index (χ2n) is 9.66. The third-order valence-electron chi connectivity index (χ3n) is 5.67. The number of hydrogen-bond donors (Lipinski definition) is 4. The second kappa shape index (κ2) is 10.0. The lowest BCUT2D eigenvalue weighted by Crippen LogP contribution is -2.29. The van der Waals surface area contributed by atoms with E-state index in [0.29, 0.717) is 28.2 Å². The Hall–Kier alpha value is -3.64. The molecule has 198 valence electrons. The Labute approximate surface area is 211 Å². The highest BCUT2D eigenvalue weighted by Gasteiger charge is 2.35. The van der Waals surface area contributed by atoms with Crippen LogP contribution >= 0.6 is 0 Å². The molecule has 1 aliphatic carbocycles. The predicted octanol–water partition coefficient (Wildman–Crippen LogP) is 3.60. The fourth-order valence-corrected chi connectivity index (χ4v) is 3.48. The third kappa shape index (κ3) is 6.20. The number of ether oxygens (including phenoxy) is 1. The number of anilines is 1. The van der Waals surface area contributed by atoms with Gasteiger partial charge in [0.1, 0.15) is 12.9 Å². The van der Waals surface area contributed by atoms with Gasteiger partial charge in [-0.2, -0.15) is 8.78 Å². The average molecular weight is 520 g/mol. The van der Waals surface area contributed by atoms with E-state index in [-0.39, 0.29) is 30.6 Å². The van der Waals surface area contributed by atoms with Crippen molar-refractivity contribution >= 4 is 17.2 Å². The molecule has 3 aromatic rings. The van der Waals surface area contributed by atoms with E-state index >= 15 is 0 Å². The summed E-state index contributed by atoms with van der Waals surface area (Å²) >= 11 is 0. The number of aliphatic hydroxyl groups is 2. The molecule has 0 unspecified atom stereocenters. The van der Waals surface area contributed by atoms with Crippen LogP contribution in [0.2, 0.25) is 0 Å². The van der Waals surface area contributed by atoms with E-state index in [0.717, 1.165) is 18.4 Å². The molecule has 0 spiro atoms. The van der Waals surface area contributed by atoms with E-state index in [4.69, 9.17) is 9.84 Å². The van der Waals surface area contributed by atoms with Gasteiger partial charge < -0.3 is 25.6 Å². The summed E-state index contributed by atoms with van der Waals surface area (Å²) in [6.07, 6.45) is 3.66. The lowest BCUT2D eigenvalue weighted by Gasteiger charge is -2.19. The first-order chi connectivity index (χ1) is 17.4. The SMILES string of the molecule is Cc1cc(-c2cnc3c(NCC(C)(C)O)cc(OC=C(F)C(F)(F)CO)nn23)ccc1C(=O)NC1CC1. The van der Waals surface area contributed by atoms with Crippen LogP contribution in [0.3, 0.4) is 0 Å². The maximum atomic E-state index is 13.8. The molecule has 1 fully saturated rings. The molecule has 4 N–H and O–H groups in total. The molecule has 1 aliphatic rings. The molecular formula is C25H28F3N5O4. The Morgan fingerprint density at radius 1 is 1.30 bits per heavy atom. The number of amides is 1. The molecule has 0 atom stereocenters. The van der Waals surface area contributed by atoms with Crippen molar-refractivity contribution in [3.63, 3.8) is 0 Å². The standard InChI is InChI=1S/C25H28F3N5O4/c1-14-8-15(4-7-17(14)23(35)31-16-5-6-16)19-10-29-22-18(30-12-24(2,3)36)9-21(32-33(19)22)37-11-20(26)25(27,28)13-34/h4,7-11,16,30,34,36H,5-6,12-13H2,1-3H3,(H,31,35). The Kier molecular flexibility index (Phi) is 7.16. The number of carbonyl (C=O) groups excluding carboxylic acids is 1. The third-order valence-corrected chi connectivity index (χ3v) is 5.67. The van der Waals surface area contributed by atoms with Crippen LogP contribution in [-0.2, 0) is 0 Å². The van der Waals surface area contributed by atoms with Crippen LogP contribution in [-0.4, -0.2) is 61.4 Å². The van der Waals surface area contributed by atoms with E-state index in [1.807, 2.05) is 6.92 Å². The zero-order valence-corrected chi connectivity index (χ0v) is 20.6. The molecule has 0 radical (unpaired) electrons. The van der Waals surface area contributed by atoms with Crippen LogP contribution in [0, 0.1) is 6.92 Å². The van der Waals surface area contributed by atoms with Crippen LogP contribution in [0.5, 0.6) is 5.88 Å². The molecule has 2 heterocycles. The summed E-state index contributed by atoms with van der Waals surface area (Å²) in [4.78, 5) is 16.9. The molecule has 1 amide bonds. The van der Waals surface area contributed by atoms with Gasteiger partial charge in [0, 0.05) is 29.8 Å². The Morgan fingerprint density at radius 3 is 2.65 bits per heavy atom. The molecular weight excluding hydrogens is 491 g/mol. The number of alkyl halides is 2. The minimum absolute atomic E-state index is 0.102. The smallest absolute Gasteiger partial charge is 0.324 e. The summed E-state index contributed by atoms with van der Waals surface area (Å²) in [5.41, 5.74) is 2.02. The van der Waals surface area contributed by atoms with E-state index in [9.17, 15) is 23.1 Å². The molecule has 1 aromatic carbocycles. The number of rotatable bonds is 10. The molecule has 0 saturated heterocycles. The molecule has 4 rings (SSSR count). The summed E-state index contributed by atoms with van der Waals surface area (Å²) in [6.45, 7) is 3.37. The van der Waals surface area contributed by atoms with Crippen molar-refractivity contribution < 1.29 is 32.9 Å². The number of hydrogen-bond acceptors (Lipinski definition) is 7. The highest BCUT2D eigenvalue weighted by atomic mass is 19.3. The van der Waals surface area contributed by atoms with Gasteiger partial charge >= 0.3 is 5.92 Å². The van der Waals surface area contributed by atoms with Gasteiger partial charge in [0.15, 0.2) is 5.65 Å². The monoisotopic (exact) mass is 519 g/mol. The summed E-state index contributed by atoms with van der Waals surface area (Å²) < 4.78 is 47.0. The molecule has 0 aliphatic heterocycles. The van der Waals surface area contributed by atoms with Crippen LogP contribution in [0.15, 0.2) is 42.6 Å². The molecule has 1 saturated carbocycles. The Morgan fingerprint density at radius 2 is 2.03 bits per heavy atom. The maximum Gasteiger partial charge on any atom is 0.324 e. The lowest BCUT2D eigenvalue weighted by atomic mass is 10.0. The van der Waals surface area contributed by atoms with E-state index in [1.54, 1.807) is 32.0 Å². The zero-order chi connectivity index (χ0) is 27.0. The summed E-state index contributed by atoms with van der Waals surface area (Å²) in [7, 11) is 0. The van der Waals surface area contributed by atoms with Crippen molar-refractivity contribution in [1.29, 1.82) is 0 Å². The number of aryl methyl sites for hydroxylation is 1. The largest absolute Gasteiger partial charge is 0.442 e. The number of carbonyl (C=O) groups is 1. The molecule has 12 heteroatoms. The van der Waals surface area contributed by atoms with Crippen molar-refractivity contribution in [2.45, 2.75) is 51.2 Å². The van der Waals surface area contributed by atoms with Gasteiger partial charge in [0.25, 0.3) is 5.91 Å². The number of imidazole rings is 1. The van der Waals surface area contributed by atoms with Gasteiger partial charge in [0.2, 0.25) is 11.7 Å². The normalized spacial score (nSPS) is 14.6. The number of halogens is 3. The van der Waals surface area contributed by atoms with Crippen LogP contribution in [0.1, 0.15) is 42.6 Å². The van der Waals surface area contributed by atoms with E-state index in [1.165, 1.54) is 16.8 Å². The van der Waals surface area contributed by atoms with Crippen LogP contribution < -0.4 is 15.4 Å². The average Bonchev–Trinajstić information content (AvgIpc) is 3.55.